The first-order valence-corrected chi connectivity index (χ1v) is 8.42. The van der Waals surface area contributed by atoms with E-state index in [0.29, 0.717) is 18.5 Å². The van der Waals surface area contributed by atoms with Crippen LogP contribution in [0.3, 0.4) is 0 Å². The fourth-order valence-electron chi connectivity index (χ4n) is 3.82. The van der Waals surface area contributed by atoms with Gasteiger partial charge >= 0.3 is 0 Å². The Kier molecular flexibility index (Phi) is 4.97. The summed E-state index contributed by atoms with van der Waals surface area (Å²) in [5.74, 6) is 0.610. The van der Waals surface area contributed by atoms with Crippen molar-refractivity contribution in [3.8, 4) is 0 Å². The third-order valence-electron chi connectivity index (χ3n) is 4.88. The third kappa shape index (κ3) is 4.09. The van der Waals surface area contributed by atoms with Crippen molar-refractivity contribution in [1.82, 2.24) is 14.7 Å². The van der Waals surface area contributed by atoms with Crippen molar-refractivity contribution in [1.29, 1.82) is 0 Å². The van der Waals surface area contributed by atoms with Gasteiger partial charge in [0.1, 0.15) is 5.82 Å². The number of benzene rings is 1. The van der Waals surface area contributed by atoms with Crippen LogP contribution in [0.25, 0.3) is 0 Å². The molecule has 0 unspecified atom stereocenters. The van der Waals surface area contributed by atoms with Gasteiger partial charge in [0, 0.05) is 32.2 Å². The number of rotatable bonds is 4. The van der Waals surface area contributed by atoms with Crippen molar-refractivity contribution < 1.29 is 9.18 Å². The summed E-state index contributed by atoms with van der Waals surface area (Å²) in [6.45, 7) is 4.16. The van der Waals surface area contributed by atoms with Crippen molar-refractivity contribution in [3.05, 3.63) is 35.6 Å². The predicted molar refractivity (Wildman–Crippen MR) is 88.5 cm³/mol. The van der Waals surface area contributed by atoms with Crippen LogP contribution in [0.15, 0.2) is 24.3 Å². The Balaban J connectivity index is 1.66. The predicted octanol–water partition coefficient (Wildman–Crippen LogP) is 1.81. The zero-order chi connectivity index (χ0) is 16.4. The Morgan fingerprint density at radius 2 is 1.91 bits per heavy atom. The van der Waals surface area contributed by atoms with Crippen LogP contribution in [0.2, 0.25) is 0 Å². The fraction of sp³-hybridized carbons (Fsp3) is 0.611. The minimum Gasteiger partial charge on any atom is -0.337 e. The molecule has 0 spiro atoms. The number of nitrogens with zero attached hydrogens (tertiary/aromatic N) is 3. The first kappa shape index (κ1) is 16.4. The second-order valence-electron chi connectivity index (χ2n) is 7.20. The van der Waals surface area contributed by atoms with E-state index < -0.39 is 0 Å². The number of amides is 1. The van der Waals surface area contributed by atoms with Crippen LogP contribution in [-0.4, -0.2) is 66.9 Å². The number of halogens is 1. The Morgan fingerprint density at radius 1 is 1.17 bits per heavy atom. The highest BCUT2D eigenvalue weighted by molar-refractivity contribution is 5.78. The van der Waals surface area contributed by atoms with Gasteiger partial charge in [0.25, 0.3) is 0 Å². The van der Waals surface area contributed by atoms with Gasteiger partial charge in [0.15, 0.2) is 0 Å². The lowest BCUT2D eigenvalue weighted by molar-refractivity contribution is -0.135. The lowest BCUT2D eigenvalue weighted by atomic mass is 9.95. The van der Waals surface area contributed by atoms with Crippen LogP contribution in [0.5, 0.6) is 0 Å². The van der Waals surface area contributed by atoms with E-state index in [1.54, 1.807) is 0 Å². The van der Waals surface area contributed by atoms with E-state index in [-0.39, 0.29) is 11.7 Å². The van der Waals surface area contributed by atoms with Crippen LogP contribution >= 0.6 is 0 Å². The molecule has 0 aliphatic carbocycles. The molecule has 4 nitrogen and oxygen atoms in total. The van der Waals surface area contributed by atoms with Gasteiger partial charge in [0.05, 0.1) is 6.54 Å². The Bertz CT molecular complexity index is 546. The Hall–Kier alpha value is -1.46. The molecule has 1 amide bonds. The van der Waals surface area contributed by atoms with Gasteiger partial charge in [-0.05, 0) is 50.6 Å². The average molecular weight is 319 g/mol. The maximum Gasteiger partial charge on any atom is 0.237 e. The number of carbonyl (C=O) groups excluding carboxylic acids is 1. The third-order valence-corrected chi connectivity index (χ3v) is 4.88. The number of likely N-dealkylation sites (N-methyl/N-ethyl adjacent to an activating group) is 1. The van der Waals surface area contributed by atoms with Gasteiger partial charge in [0.2, 0.25) is 5.91 Å². The van der Waals surface area contributed by atoms with Gasteiger partial charge < -0.3 is 9.80 Å². The second-order valence-corrected chi connectivity index (χ2v) is 7.20. The molecule has 0 aromatic heterocycles. The summed E-state index contributed by atoms with van der Waals surface area (Å²) < 4.78 is 13.0. The van der Waals surface area contributed by atoms with Crippen LogP contribution in [-0.2, 0) is 11.3 Å². The quantitative estimate of drug-likeness (QED) is 0.847. The Morgan fingerprint density at radius 3 is 2.61 bits per heavy atom. The maximum absolute atomic E-state index is 13.0. The molecule has 2 atom stereocenters. The highest BCUT2D eigenvalue weighted by Crippen LogP contribution is 2.29. The molecule has 1 aromatic rings. The summed E-state index contributed by atoms with van der Waals surface area (Å²) in [4.78, 5) is 18.9. The number of hydrogen-bond acceptors (Lipinski definition) is 3. The summed E-state index contributed by atoms with van der Waals surface area (Å²) in [7, 11) is 3.88. The molecule has 3 aliphatic heterocycles. The second kappa shape index (κ2) is 6.97. The molecule has 0 N–H and O–H groups in total. The molecule has 2 bridgehead atoms. The van der Waals surface area contributed by atoms with Gasteiger partial charge in [-0.25, -0.2) is 4.39 Å². The van der Waals surface area contributed by atoms with E-state index in [1.165, 1.54) is 18.6 Å². The minimum absolute atomic E-state index is 0.190. The summed E-state index contributed by atoms with van der Waals surface area (Å²) in [6.07, 6.45) is 2.31. The number of piperidine rings is 1. The van der Waals surface area contributed by atoms with Crippen molar-refractivity contribution in [2.24, 2.45) is 5.92 Å². The van der Waals surface area contributed by atoms with E-state index in [2.05, 4.69) is 9.80 Å². The van der Waals surface area contributed by atoms with Crippen LogP contribution in [0.4, 0.5) is 4.39 Å². The van der Waals surface area contributed by atoms with Crippen molar-refractivity contribution >= 4 is 5.91 Å². The van der Waals surface area contributed by atoms with Gasteiger partial charge in [-0.2, -0.15) is 0 Å². The Labute approximate surface area is 137 Å². The molecular weight excluding hydrogens is 293 g/mol. The van der Waals surface area contributed by atoms with Gasteiger partial charge in [-0.15, -0.1) is 0 Å². The number of fused-ring (bicyclic) bond motifs is 4. The average Bonchev–Trinajstić information content (AvgIpc) is 2.79. The van der Waals surface area contributed by atoms with E-state index >= 15 is 0 Å². The summed E-state index contributed by atoms with van der Waals surface area (Å²) in [5, 5.41) is 0. The maximum atomic E-state index is 13.0. The number of carbonyl (C=O) groups is 1. The van der Waals surface area contributed by atoms with Crippen molar-refractivity contribution in [3.63, 3.8) is 0 Å². The highest BCUT2D eigenvalue weighted by atomic mass is 19.1. The normalized spacial score (nSPS) is 25.0. The molecular formula is C18H26FN3O. The van der Waals surface area contributed by atoms with Crippen LogP contribution < -0.4 is 0 Å². The molecule has 3 fully saturated rings. The highest BCUT2D eigenvalue weighted by Gasteiger charge is 2.36. The van der Waals surface area contributed by atoms with E-state index in [9.17, 15) is 9.18 Å². The molecule has 126 valence electrons. The molecule has 0 radical (unpaired) electrons. The lowest BCUT2D eigenvalue weighted by Crippen LogP contribution is -2.50. The topological polar surface area (TPSA) is 26.8 Å². The zero-order valence-electron chi connectivity index (χ0n) is 14.0. The fourth-order valence-corrected chi connectivity index (χ4v) is 3.82. The van der Waals surface area contributed by atoms with E-state index in [1.807, 2.05) is 31.1 Å². The molecule has 4 rings (SSSR count). The zero-order valence-corrected chi connectivity index (χ0v) is 14.0. The summed E-state index contributed by atoms with van der Waals surface area (Å²) in [6, 6.07) is 7.08. The van der Waals surface area contributed by atoms with Crippen LogP contribution in [0, 0.1) is 11.7 Å². The van der Waals surface area contributed by atoms with E-state index in [4.69, 9.17) is 0 Å². The number of hydrogen-bond donors (Lipinski definition) is 0. The van der Waals surface area contributed by atoms with Crippen LogP contribution in [0.1, 0.15) is 18.4 Å². The summed E-state index contributed by atoms with van der Waals surface area (Å²) in [5.41, 5.74) is 1.14. The standard InChI is InChI=1S/C18H26FN3O/c1-20(2)13-18(23)22-11-15-5-8-17(22)12-21(10-15)9-14-3-6-16(19)7-4-14/h3-4,6-7,15,17H,5,8-13H2,1-2H3/t15-,17+/m1/s1. The molecule has 5 heteroatoms. The summed E-state index contributed by atoms with van der Waals surface area (Å²) >= 11 is 0. The first-order chi connectivity index (χ1) is 11.0. The van der Waals surface area contributed by atoms with Crippen molar-refractivity contribution in [2.45, 2.75) is 25.4 Å². The molecule has 3 saturated heterocycles. The lowest BCUT2D eigenvalue weighted by Gasteiger charge is -2.36. The molecule has 3 aliphatic rings. The molecule has 0 saturated carbocycles. The van der Waals surface area contributed by atoms with E-state index in [0.717, 1.165) is 38.2 Å². The van der Waals surface area contributed by atoms with Gasteiger partial charge in [-0.1, -0.05) is 12.1 Å². The minimum atomic E-state index is -0.190. The largest absolute Gasteiger partial charge is 0.337 e. The van der Waals surface area contributed by atoms with Crippen molar-refractivity contribution in [2.75, 3.05) is 40.3 Å². The molecule has 1 aromatic carbocycles. The SMILES string of the molecule is CN(C)CC(=O)N1C[C@@H]2CC[C@H]1CN(Cc1ccc(F)cc1)C2. The molecule has 3 heterocycles. The first-order valence-electron chi connectivity index (χ1n) is 8.42. The monoisotopic (exact) mass is 319 g/mol. The van der Waals surface area contributed by atoms with Gasteiger partial charge in [-0.3, -0.25) is 9.69 Å². The molecule has 23 heavy (non-hydrogen) atoms. The smallest absolute Gasteiger partial charge is 0.237 e.